The molecule has 0 amide bonds. The molecule has 0 unspecified atom stereocenters. The zero-order valence-electron chi connectivity index (χ0n) is 12.7. The molecule has 122 valence electrons. The predicted molar refractivity (Wildman–Crippen MR) is 91.8 cm³/mol. The lowest BCUT2D eigenvalue weighted by Gasteiger charge is -2.12. The smallest absolute Gasteiger partial charge is 0.347 e. The molecule has 1 N–H and O–H groups in total. The molecule has 2 aromatic rings. The number of carbonyl (C=O) groups is 1. The van der Waals surface area contributed by atoms with Gasteiger partial charge < -0.3 is 14.6 Å². The van der Waals surface area contributed by atoms with E-state index in [-0.39, 0.29) is 4.88 Å². The highest BCUT2D eigenvalue weighted by Crippen LogP contribution is 2.37. The number of ether oxygens (including phenoxy) is 2. The fourth-order valence-corrected chi connectivity index (χ4v) is 2.74. The zero-order chi connectivity index (χ0) is 16.8. The number of halogens is 1. The van der Waals surface area contributed by atoms with E-state index in [4.69, 9.17) is 26.2 Å². The summed E-state index contributed by atoms with van der Waals surface area (Å²) in [5.74, 6) is 0.0934. The molecule has 0 saturated heterocycles. The Kier molecular flexibility index (Phi) is 6.01. The predicted octanol–water partition coefficient (Wildman–Crippen LogP) is 4.46. The van der Waals surface area contributed by atoms with Crippen LogP contribution in [0.1, 0.15) is 33.6 Å². The van der Waals surface area contributed by atoms with Crippen molar-refractivity contribution in [3.63, 3.8) is 0 Å². The van der Waals surface area contributed by atoms with Gasteiger partial charge in [0.1, 0.15) is 9.88 Å². The molecule has 1 heterocycles. The summed E-state index contributed by atoms with van der Waals surface area (Å²) >= 11 is 7.35. The summed E-state index contributed by atoms with van der Waals surface area (Å²) in [6, 6.07) is 3.57. The maximum Gasteiger partial charge on any atom is 0.347 e. The summed E-state index contributed by atoms with van der Waals surface area (Å²) in [4.78, 5) is 15.1. The first kappa shape index (κ1) is 17.3. The summed E-state index contributed by atoms with van der Waals surface area (Å²) in [5, 5.41) is 9.95. The Morgan fingerprint density at radius 3 is 2.83 bits per heavy atom. The summed E-state index contributed by atoms with van der Waals surface area (Å²) in [6.07, 6.45) is 5.73. The monoisotopic (exact) mass is 353 g/mol. The largest absolute Gasteiger partial charge is 0.493 e. The first-order valence-corrected chi connectivity index (χ1v) is 8.12. The van der Waals surface area contributed by atoms with Crippen LogP contribution in [-0.2, 0) is 0 Å². The van der Waals surface area contributed by atoms with Gasteiger partial charge in [-0.2, -0.15) is 0 Å². The lowest BCUT2D eigenvalue weighted by atomic mass is 10.2. The van der Waals surface area contributed by atoms with Crippen LogP contribution in [-0.4, -0.2) is 29.8 Å². The van der Waals surface area contributed by atoms with Crippen LogP contribution in [0.15, 0.2) is 18.3 Å². The van der Waals surface area contributed by atoms with Crippen molar-refractivity contribution in [3.05, 3.63) is 38.8 Å². The van der Waals surface area contributed by atoms with E-state index in [1.54, 1.807) is 31.4 Å². The van der Waals surface area contributed by atoms with Gasteiger partial charge in [0.25, 0.3) is 0 Å². The Morgan fingerprint density at radius 2 is 2.22 bits per heavy atom. The van der Waals surface area contributed by atoms with Gasteiger partial charge in [-0.25, -0.2) is 9.78 Å². The van der Waals surface area contributed by atoms with Gasteiger partial charge in [0, 0.05) is 0 Å². The molecular weight excluding hydrogens is 338 g/mol. The molecular formula is C16H16ClNO4S. The van der Waals surface area contributed by atoms with Crippen molar-refractivity contribution < 1.29 is 19.4 Å². The van der Waals surface area contributed by atoms with E-state index in [1.807, 2.05) is 6.92 Å². The van der Waals surface area contributed by atoms with Crippen LogP contribution in [0.4, 0.5) is 0 Å². The Labute approximate surface area is 143 Å². The second kappa shape index (κ2) is 7.99. The molecule has 0 aliphatic carbocycles. The maximum absolute atomic E-state index is 10.8. The molecule has 1 aromatic carbocycles. The highest BCUT2D eigenvalue weighted by atomic mass is 35.5. The lowest BCUT2D eigenvalue weighted by molar-refractivity contribution is 0.0702. The summed E-state index contributed by atoms with van der Waals surface area (Å²) in [5.41, 5.74) is 0.808. The van der Waals surface area contributed by atoms with E-state index < -0.39 is 5.97 Å². The van der Waals surface area contributed by atoms with Gasteiger partial charge in [-0.1, -0.05) is 24.6 Å². The van der Waals surface area contributed by atoms with Crippen LogP contribution >= 0.6 is 22.9 Å². The van der Waals surface area contributed by atoms with Gasteiger partial charge in [-0.3, -0.25) is 0 Å². The normalized spacial score (nSPS) is 10.9. The van der Waals surface area contributed by atoms with Crippen LogP contribution in [0.3, 0.4) is 0 Å². The van der Waals surface area contributed by atoms with Gasteiger partial charge in [0.2, 0.25) is 0 Å². The highest BCUT2D eigenvalue weighted by molar-refractivity contribution is 7.14. The third-order valence-electron chi connectivity index (χ3n) is 2.86. The SMILES string of the molecule is CCCOc1c(Cl)cc(/C=C/c2ncc(C(=O)O)s2)cc1OC. The second-order valence-corrected chi connectivity index (χ2v) is 6.05. The van der Waals surface area contributed by atoms with Gasteiger partial charge in [-0.05, 0) is 30.2 Å². The van der Waals surface area contributed by atoms with Crippen LogP contribution < -0.4 is 9.47 Å². The number of carboxylic acid groups (broad SMARTS) is 1. The Balaban J connectivity index is 2.23. The van der Waals surface area contributed by atoms with E-state index in [1.165, 1.54) is 6.20 Å². The van der Waals surface area contributed by atoms with Crippen molar-refractivity contribution in [2.75, 3.05) is 13.7 Å². The van der Waals surface area contributed by atoms with Gasteiger partial charge in [0.15, 0.2) is 11.5 Å². The van der Waals surface area contributed by atoms with Crippen molar-refractivity contribution in [3.8, 4) is 11.5 Å². The number of methoxy groups -OCH3 is 1. The van der Waals surface area contributed by atoms with Crippen molar-refractivity contribution >= 4 is 41.1 Å². The van der Waals surface area contributed by atoms with E-state index in [2.05, 4.69) is 4.98 Å². The highest BCUT2D eigenvalue weighted by Gasteiger charge is 2.11. The quantitative estimate of drug-likeness (QED) is 0.795. The Morgan fingerprint density at radius 1 is 1.43 bits per heavy atom. The molecule has 0 aliphatic heterocycles. The molecule has 0 spiro atoms. The first-order chi connectivity index (χ1) is 11.0. The van der Waals surface area contributed by atoms with Crippen LogP contribution in [0.5, 0.6) is 11.5 Å². The molecule has 0 fully saturated rings. The minimum atomic E-state index is -0.982. The van der Waals surface area contributed by atoms with Crippen molar-refractivity contribution in [2.45, 2.75) is 13.3 Å². The summed E-state index contributed by atoms with van der Waals surface area (Å²) < 4.78 is 10.9. The third kappa shape index (κ3) is 4.46. The average molecular weight is 354 g/mol. The van der Waals surface area contributed by atoms with Crippen molar-refractivity contribution in [1.82, 2.24) is 4.98 Å². The summed E-state index contributed by atoms with van der Waals surface area (Å²) in [7, 11) is 1.55. The molecule has 0 bridgehead atoms. The Bertz CT molecular complexity index is 727. The number of hydrogen-bond acceptors (Lipinski definition) is 5. The fraction of sp³-hybridized carbons (Fsp3) is 0.250. The van der Waals surface area contributed by atoms with E-state index >= 15 is 0 Å². The molecule has 1 aromatic heterocycles. The topological polar surface area (TPSA) is 68.7 Å². The van der Waals surface area contributed by atoms with E-state index in [9.17, 15) is 4.79 Å². The third-order valence-corrected chi connectivity index (χ3v) is 4.09. The van der Waals surface area contributed by atoms with Crippen molar-refractivity contribution in [2.24, 2.45) is 0 Å². The molecule has 0 atom stereocenters. The number of aromatic nitrogens is 1. The molecule has 7 heteroatoms. The number of rotatable bonds is 7. The molecule has 23 heavy (non-hydrogen) atoms. The number of thiazole rings is 1. The number of benzene rings is 1. The summed E-state index contributed by atoms with van der Waals surface area (Å²) in [6.45, 7) is 2.57. The number of nitrogens with zero attached hydrogens (tertiary/aromatic N) is 1. The Hall–Kier alpha value is -2.05. The van der Waals surface area contributed by atoms with Gasteiger partial charge in [0.05, 0.1) is 24.9 Å². The molecule has 0 aliphatic rings. The lowest BCUT2D eigenvalue weighted by Crippen LogP contribution is -1.99. The van der Waals surface area contributed by atoms with Crippen LogP contribution in [0.2, 0.25) is 5.02 Å². The molecule has 2 rings (SSSR count). The van der Waals surface area contributed by atoms with E-state index in [0.717, 1.165) is 23.3 Å². The zero-order valence-corrected chi connectivity index (χ0v) is 14.3. The number of carboxylic acids is 1. The number of aromatic carboxylic acids is 1. The van der Waals surface area contributed by atoms with Gasteiger partial charge >= 0.3 is 5.97 Å². The molecule has 0 radical (unpaired) electrons. The van der Waals surface area contributed by atoms with Crippen molar-refractivity contribution in [1.29, 1.82) is 0 Å². The minimum Gasteiger partial charge on any atom is -0.493 e. The second-order valence-electron chi connectivity index (χ2n) is 4.58. The molecule has 5 nitrogen and oxygen atoms in total. The maximum atomic E-state index is 10.8. The van der Waals surface area contributed by atoms with Gasteiger partial charge in [-0.15, -0.1) is 11.3 Å². The van der Waals surface area contributed by atoms with Crippen LogP contribution in [0.25, 0.3) is 12.2 Å². The number of hydrogen-bond donors (Lipinski definition) is 1. The average Bonchev–Trinajstić information content (AvgIpc) is 3.00. The molecule has 0 saturated carbocycles. The van der Waals surface area contributed by atoms with Crippen LogP contribution in [0, 0.1) is 0 Å². The first-order valence-electron chi connectivity index (χ1n) is 6.92. The standard InChI is InChI=1S/C16H16ClNO4S/c1-3-6-22-15-11(17)7-10(8-12(15)21-2)4-5-14-18-9-13(23-14)16(19)20/h4-5,7-9H,3,6H2,1-2H3,(H,19,20)/b5-4+. The fourth-order valence-electron chi connectivity index (χ4n) is 1.81. The van der Waals surface area contributed by atoms with E-state index in [0.29, 0.717) is 28.1 Å². The minimum absolute atomic E-state index is 0.198.